The van der Waals surface area contributed by atoms with E-state index in [-0.39, 0.29) is 46.7 Å². The number of aromatic hydroxyl groups is 1. The molecule has 5 rings (SSSR count). The van der Waals surface area contributed by atoms with Crippen molar-refractivity contribution in [1.82, 2.24) is 14.7 Å². The van der Waals surface area contributed by atoms with Gasteiger partial charge in [-0.2, -0.15) is 4.99 Å². The number of alkyl halides is 1. The van der Waals surface area contributed by atoms with Gasteiger partial charge in [0, 0.05) is 61.0 Å². The molecule has 1 N–H and O–H groups in total. The Morgan fingerprint density at radius 3 is 2.58 bits per heavy atom. The zero-order valence-electron chi connectivity index (χ0n) is 22.3. The summed E-state index contributed by atoms with van der Waals surface area (Å²) in [4.78, 5) is 36.5. The molecule has 2 aliphatic heterocycles. The second kappa shape index (κ2) is 10.5. The first-order valence-electron chi connectivity index (χ1n) is 13.8. The Balaban J connectivity index is 1.50. The maximum absolute atomic E-state index is 15.0. The summed E-state index contributed by atoms with van der Waals surface area (Å²) >= 11 is 6.98. The topological polar surface area (TPSA) is 76.5 Å². The number of phenols is 1. The Kier molecular flexibility index (Phi) is 7.46. The lowest BCUT2D eigenvalue weighted by molar-refractivity contribution is -0.127. The molecular formula is C29H38ClFN4O3. The van der Waals surface area contributed by atoms with E-state index < -0.39 is 17.1 Å². The Labute approximate surface area is 229 Å². The number of carbonyl (C=O) groups excluding carboxylic acids is 2. The second-order valence-electron chi connectivity index (χ2n) is 11.9. The summed E-state index contributed by atoms with van der Waals surface area (Å²) in [6.07, 6.45) is 6.44. The number of amides is 3. The molecule has 0 radical (unpaired) electrons. The van der Waals surface area contributed by atoms with Crippen LogP contribution in [0.5, 0.6) is 5.75 Å². The van der Waals surface area contributed by atoms with E-state index in [0.717, 1.165) is 31.5 Å². The van der Waals surface area contributed by atoms with Crippen molar-refractivity contribution < 1.29 is 19.1 Å². The van der Waals surface area contributed by atoms with Crippen molar-refractivity contribution in [2.24, 2.45) is 16.3 Å². The number of hydrogen-bond donors (Lipinski definition) is 1. The molecule has 2 aliphatic carbocycles. The van der Waals surface area contributed by atoms with E-state index in [4.69, 9.17) is 16.6 Å². The first-order chi connectivity index (χ1) is 18.1. The van der Waals surface area contributed by atoms with Crippen LogP contribution in [0.2, 0.25) is 0 Å². The normalized spacial score (nSPS) is 31.5. The number of hydrogen-bond acceptors (Lipinski definition) is 4. The predicted octanol–water partition coefficient (Wildman–Crippen LogP) is 5.13. The number of amidine groups is 1. The molecule has 2 heterocycles. The Morgan fingerprint density at radius 1 is 1.18 bits per heavy atom. The minimum absolute atomic E-state index is 0.0327. The van der Waals surface area contributed by atoms with Crippen LogP contribution in [0, 0.1) is 17.2 Å². The molecule has 1 aromatic rings. The van der Waals surface area contributed by atoms with Gasteiger partial charge in [0.25, 0.3) is 0 Å². The molecule has 5 atom stereocenters. The van der Waals surface area contributed by atoms with Gasteiger partial charge in [-0.15, -0.1) is 11.6 Å². The zero-order chi connectivity index (χ0) is 27.2. The fourth-order valence-corrected chi connectivity index (χ4v) is 7.66. The van der Waals surface area contributed by atoms with Crippen molar-refractivity contribution in [3.8, 4) is 5.75 Å². The van der Waals surface area contributed by atoms with Gasteiger partial charge < -0.3 is 19.8 Å². The van der Waals surface area contributed by atoms with Crippen LogP contribution in [0.1, 0.15) is 63.9 Å². The van der Waals surface area contributed by atoms with E-state index in [1.807, 2.05) is 4.90 Å². The van der Waals surface area contributed by atoms with Gasteiger partial charge in [0.05, 0.1) is 0 Å². The third-order valence-corrected chi connectivity index (χ3v) is 9.76. The third-order valence-electron chi connectivity index (χ3n) is 9.27. The number of urea groups is 1. The lowest BCUT2D eigenvalue weighted by Gasteiger charge is -2.55. The van der Waals surface area contributed by atoms with Crippen LogP contribution in [0.3, 0.4) is 0 Å². The van der Waals surface area contributed by atoms with Gasteiger partial charge in [-0.05, 0) is 49.3 Å². The SMILES string of the molecule is C=CC(=O)N1CCN(C2=NC(=O)N([C@H]3CCCCC3(C)C)C3CC(c4c(O)cccc4F)C(Cl)CC23)CC1. The average molecular weight is 545 g/mol. The van der Waals surface area contributed by atoms with E-state index in [1.165, 1.54) is 24.3 Å². The Bertz CT molecular complexity index is 1110. The summed E-state index contributed by atoms with van der Waals surface area (Å²) in [5, 5.41) is 10.2. The summed E-state index contributed by atoms with van der Waals surface area (Å²) in [7, 11) is 0. The van der Waals surface area contributed by atoms with Crippen molar-refractivity contribution >= 4 is 29.4 Å². The molecule has 38 heavy (non-hydrogen) atoms. The summed E-state index contributed by atoms with van der Waals surface area (Å²) in [6, 6.07) is 3.94. The van der Waals surface area contributed by atoms with Crippen molar-refractivity contribution in [1.29, 1.82) is 0 Å². The van der Waals surface area contributed by atoms with E-state index in [9.17, 15) is 14.7 Å². The maximum Gasteiger partial charge on any atom is 0.345 e. The zero-order valence-corrected chi connectivity index (χ0v) is 23.0. The summed E-state index contributed by atoms with van der Waals surface area (Å²) < 4.78 is 15.0. The Hall–Kier alpha value is -2.61. The molecule has 9 heteroatoms. The lowest BCUT2D eigenvalue weighted by atomic mass is 9.68. The molecule has 3 amide bonds. The van der Waals surface area contributed by atoms with Gasteiger partial charge >= 0.3 is 6.03 Å². The van der Waals surface area contributed by atoms with Crippen molar-refractivity contribution in [3.63, 3.8) is 0 Å². The van der Waals surface area contributed by atoms with Crippen LogP contribution in [-0.4, -0.2) is 81.2 Å². The number of fused-ring (bicyclic) bond motifs is 1. The van der Waals surface area contributed by atoms with Gasteiger partial charge in [-0.3, -0.25) is 4.79 Å². The number of rotatable bonds is 3. The van der Waals surface area contributed by atoms with E-state index in [0.29, 0.717) is 39.0 Å². The first-order valence-corrected chi connectivity index (χ1v) is 14.2. The first kappa shape index (κ1) is 27.0. The summed E-state index contributed by atoms with van der Waals surface area (Å²) in [5.74, 6) is -0.453. The van der Waals surface area contributed by atoms with E-state index in [2.05, 4.69) is 25.3 Å². The fraction of sp³-hybridized carbons (Fsp3) is 0.621. The minimum Gasteiger partial charge on any atom is -0.508 e. The molecule has 3 fully saturated rings. The number of phenolic OH excluding ortho intramolecular Hbond substituents is 1. The molecule has 0 aromatic heterocycles. The van der Waals surface area contributed by atoms with Crippen molar-refractivity contribution in [2.75, 3.05) is 26.2 Å². The lowest BCUT2D eigenvalue weighted by Crippen LogP contribution is -2.64. The highest BCUT2D eigenvalue weighted by Gasteiger charge is 2.52. The van der Waals surface area contributed by atoms with Gasteiger partial charge in [-0.25, -0.2) is 9.18 Å². The summed E-state index contributed by atoms with van der Waals surface area (Å²) in [6.45, 7) is 10.3. The highest BCUT2D eigenvalue weighted by molar-refractivity contribution is 6.21. The van der Waals surface area contributed by atoms with Crippen LogP contribution in [-0.2, 0) is 4.79 Å². The quantitative estimate of drug-likeness (QED) is 0.422. The number of nitrogens with zero attached hydrogens (tertiary/aromatic N) is 4. The molecule has 206 valence electrons. The van der Waals surface area contributed by atoms with Crippen LogP contribution in [0.4, 0.5) is 9.18 Å². The number of carbonyl (C=O) groups is 2. The molecule has 0 bridgehead atoms. The Morgan fingerprint density at radius 2 is 1.92 bits per heavy atom. The number of piperazine rings is 1. The fourth-order valence-electron chi connectivity index (χ4n) is 7.24. The van der Waals surface area contributed by atoms with Crippen molar-refractivity contribution in [2.45, 2.75) is 75.8 Å². The number of halogens is 2. The minimum atomic E-state index is -0.470. The molecular weight excluding hydrogens is 507 g/mol. The highest BCUT2D eigenvalue weighted by atomic mass is 35.5. The maximum atomic E-state index is 15.0. The monoisotopic (exact) mass is 544 g/mol. The van der Waals surface area contributed by atoms with Crippen LogP contribution in [0.15, 0.2) is 35.8 Å². The smallest absolute Gasteiger partial charge is 0.345 e. The van der Waals surface area contributed by atoms with Gasteiger partial charge in [0.2, 0.25) is 5.91 Å². The van der Waals surface area contributed by atoms with Gasteiger partial charge in [0.15, 0.2) is 0 Å². The van der Waals surface area contributed by atoms with Crippen LogP contribution in [0.25, 0.3) is 0 Å². The molecule has 1 saturated heterocycles. The molecule has 1 aromatic carbocycles. The number of aliphatic imine (C=N–C) groups is 1. The molecule has 4 unspecified atom stereocenters. The van der Waals surface area contributed by atoms with Crippen molar-refractivity contribution in [3.05, 3.63) is 42.2 Å². The standard InChI is InChI=1S/C29H38ClFN4O3/c1-4-25(37)33-12-14-34(15-13-33)27-19-16-20(30)18(26-21(31)8-7-9-23(26)36)17-22(19)35(28(38)32-27)24-10-5-6-11-29(24,2)3/h4,7-9,18-20,22,24,36H,1,5-6,10-17H2,2-3H3/t18?,19?,20?,22?,24-/m0/s1. The van der Waals surface area contributed by atoms with Crippen LogP contribution >= 0.6 is 11.6 Å². The predicted molar refractivity (Wildman–Crippen MR) is 146 cm³/mol. The van der Waals surface area contributed by atoms with E-state index >= 15 is 4.39 Å². The third kappa shape index (κ3) is 4.80. The largest absolute Gasteiger partial charge is 0.508 e. The summed E-state index contributed by atoms with van der Waals surface area (Å²) in [5.41, 5.74) is 0.178. The molecule has 2 saturated carbocycles. The molecule has 7 nitrogen and oxygen atoms in total. The van der Waals surface area contributed by atoms with Gasteiger partial charge in [-0.1, -0.05) is 39.3 Å². The van der Waals surface area contributed by atoms with Gasteiger partial charge in [0.1, 0.15) is 17.4 Å². The average Bonchev–Trinajstić information content (AvgIpc) is 2.89. The number of benzene rings is 1. The van der Waals surface area contributed by atoms with E-state index in [1.54, 1.807) is 4.90 Å². The highest BCUT2D eigenvalue weighted by Crippen LogP contribution is 2.49. The molecule has 0 spiro atoms. The molecule has 4 aliphatic rings. The second-order valence-corrected chi connectivity index (χ2v) is 12.4. The van der Waals surface area contributed by atoms with Crippen LogP contribution < -0.4 is 0 Å².